The van der Waals surface area contributed by atoms with Crippen LogP contribution in [0.3, 0.4) is 0 Å². The Morgan fingerprint density at radius 2 is 2.00 bits per heavy atom. The van der Waals surface area contributed by atoms with E-state index < -0.39 is 0 Å². The number of likely N-dealkylation sites (N-methyl/N-ethyl adjacent to an activating group) is 1. The van der Waals surface area contributed by atoms with Gasteiger partial charge in [-0.15, -0.1) is 12.4 Å². The van der Waals surface area contributed by atoms with Crippen LogP contribution in [0.25, 0.3) is 17.1 Å². The lowest BCUT2D eigenvalue weighted by atomic mass is 9.85. The lowest BCUT2D eigenvalue weighted by molar-refractivity contribution is 0.147. The number of benzene rings is 1. The Kier molecular flexibility index (Phi) is 3.85. The summed E-state index contributed by atoms with van der Waals surface area (Å²) < 4.78 is 2.45. The minimum atomic E-state index is 0. The molecular weight excluding hydrogens is 280 g/mol. The van der Waals surface area contributed by atoms with Crippen LogP contribution in [0.4, 0.5) is 0 Å². The zero-order chi connectivity index (χ0) is 13.7. The average molecular weight is 303 g/mol. The Morgan fingerprint density at radius 3 is 2.76 bits per heavy atom. The Balaban J connectivity index is 0.00000132. The number of hydrogen-bond acceptors (Lipinski definition) is 1. The third kappa shape index (κ3) is 1.96. The predicted molar refractivity (Wildman–Crippen MR) is 92.0 cm³/mol. The number of nitrogens with zero attached hydrogens (tertiary/aromatic N) is 2. The molecule has 21 heavy (non-hydrogen) atoms. The number of para-hydroxylation sites is 1. The summed E-state index contributed by atoms with van der Waals surface area (Å²) in [5, 5.41) is 1.46. The third-order valence-corrected chi connectivity index (χ3v) is 5.15. The topological polar surface area (TPSA) is 8.17 Å². The number of fused-ring (bicyclic) bond motifs is 3. The summed E-state index contributed by atoms with van der Waals surface area (Å²) in [7, 11) is 0. The number of halogens is 1. The number of rotatable bonds is 2. The van der Waals surface area contributed by atoms with Gasteiger partial charge in [-0.1, -0.05) is 38.1 Å². The molecular formula is C18H23ClN2. The highest BCUT2D eigenvalue weighted by molar-refractivity contribution is 5.88. The van der Waals surface area contributed by atoms with Gasteiger partial charge in [0, 0.05) is 23.8 Å². The van der Waals surface area contributed by atoms with Crippen molar-refractivity contribution in [3.05, 3.63) is 41.6 Å². The maximum absolute atomic E-state index is 2.66. The summed E-state index contributed by atoms with van der Waals surface area (Å²) in [4.78, 5) is 2.66. The lowest BCUT2D eigenvalue weighted by Crippen LogP contribution is -2.40. The zero-order valence-corrected chi connectivity index (χ0v) is 13.6. The Labute approximate surface area is 132 Å². The van der Waals surface area contributed by atoms with Crippen LogP contribution in [0.5, 0.6) is 0 Å². The largest absolute Gasteiger partial charge is 0.319 e. The molecule has 2 unspecified atom stereocenters. The summed E-state index contributed by atoms with van der Waals surface area (Å²) in [6, 6.07) is 9.46. The van der Waals surface area contributed by atoms with E-state index >= 15 is 0 Å². The van der Waals surface area contributed by atoms with Gasteiger partial charge in [0.2, 0.25) is 0 Å². The Bertz CT molecular complexity index is 686. The maximum Gasteiger partial charge on any atom is 0.0570 e. The van der Waals surface area contributed by atoms with Crippen LogP contribution in [0, 0.1) is 5.92 Å². The van der Waals surface area contributed by atoms with Crippen LogP contribution in [0.1, 0.15) is 37.6 Å². The van der Waals surface area contributed by atoms with Crippen LogP contribution in [-0.4, -0.2) is 22.6 Å². The van der Waals surface area contributed by atoms with Crippen LogP contribution in [-0.2, 0) is 6.42 Å². The molecule has 0 saturated heterocycles. The van der Waals surface area contributed by atoms with Crippen molar-refractivity contribution >= 4 is 29.5 Å². The lowest BCUT2D eigenvalue weighted by Gasteiger charge is -2.41. The van der Waals surface area contributed by atoms with Crippen LogP contribution in [0.2, 0.25) is 0 Å². The van der Waals surface area contributed by atoms with Gasteiger partial charge >= 0.3 is 0 Å². The molecule has 0 radical (unpaired) electrons. The molecule has 2 atom stereocenters. The van der Waals surface area contributed by atoms with E-state index in [0.717, 1.165) is 6.54 Å². The van der Waals surface area contributed by atoms with Crippen LogP contribution in [0.15, 0.2) is 30.3 Å². The molecule has 112 valence electrons. The van der Waals surface area contributed by atoms with Gasteiger partial charge in [0.25, 0.3) is 0 Å². The van der Waals surface area contributed by atoms with Gasteiger partial charge in [0.15, 0.2) is 0 Å². The zero-order valence-electron chi connectivity index (χ0n) is 12.7. The Morgan fingerprint density at radius 1 is 1.19 bits per heavy atom. The van der Waals surface area contributed by atoms with Gasteiger partial charge in [-0.25, -0.2) is 0 Å². The fraction of sp³-hybridized carbons (Fsp3) is 0.444. The maximum atomic E-state index is 2.66. The molecule has 4 rings (SSSR count). The fourth-order valence-electron chi connectivity index (χ4n) is 4.15. The van der Waals surface area contributed by atoms with Crippen LogP contribution < -0.4 is 0 Å². The molecule has 2 aromatic rings. The second kappa shape index (κ2) is 5.51. The first-order valence-corrected chi connectivity index (χ1v) is 7.89. The van der Waals surface area contributed by atoms with Gasteiger partial charge in [0.05, 0.1) is 11.6 Å². The third-order valence-electron chi connectivity index (χ3n) is 5.15. The molecule has 1 aromatic carbocycles. The van der Waals surface area contributed by atoms with Crippen molar-refractivity contribution in [2.45, 2.75) is 32.7 Å². The van der Waals surface area contributed by atoms with E-state index in [4.69, 9.17) is 0 Å². The van der Waals surface area contributed by atoms with Crippen molar-refractivity contribution in [3.63, 3.8) is 0 Å². The van der Waals surface area contributed by atoms with E-state index in [2.05, 4.69) is 59.9 Å². The minimum Gasteiger partial charge on any atom is -0.319 e. The molecule has 0 bridgehead atoms. The average Bonchev–Trinajstić information content (AvgIpc) is 2.84. The van der Waals surface area contributed by atoms with Crippen molar-refractivity contribution in [1.82, 2.24) is 9.47 Å². The smallest absolute Gasteiger partial charge is 0.0570 e. The predicted octanol–water partition coefficient (Wildman–Crippen LogP) is 4.49. The van der Waals surface area contributed by atoms with E-state index in [1.165, 1.54) is 30.3 Å². The normalized spacial score (nSPS) is 23.9. The molecule has 1 aromatic heterocycles. The molecule has 2 aliphatic rings. The van der Waals surface area contributed by atoms with Crippen molar-refractivity contribution in [2.75, 3.05) is 13.1 Å². The second-order valence-corrected chi connectivity index (χ2v) is 5.99. The summed E-state index contributed by atoms with van der Waals surface area (Å²) in [6.45, 7) is 6.96. The molecule has 2 aliphatic heterocycles. The molecule has 0 N–H and O–H groups in total. The van der Waals surface area contributed by atoms with Gasteiger partial charge in [-0.2, -0.15) is 0 Å². The van der Waals surface area contributed by atoms with E-state index in [-0.39, 0.29) is 12.4 Å². The van der Waals surface area contributed by atoms with Crippen molar-refractivity contribution < 1.29 is 0 Å². The molecule has 0 fully saturated rings. The highest BCUT2D eigenvalue weighted by atomic mass is 35.5. The molecule has 0 spiro atoms. The SMILES string of the molecule is CCC1C=Cn2c3c(c4ccccc42)CCN(CC)C31.Cl. The highest BCUT2D eigenvalue weighted by Gasteiger charge is 2.37. The highest BCUT2D eigenvalue weighted by Crippen LogP contribution is 2.44. The fourth-order valence-corrected chi connectivity index (χ4v) is 4.15. The monoisotopic (exact) mass is 302 g/mol. The van der Waals surface area contributed by atoms with Crippen molar-refractivity contribution in [2.24, 2.45) is 5.92 Å². The van der Waals surface area contributed by atoms with Crippen LogP contribution >= 0.6 is 12.4 Å². The molecule has 0 aliphatic carbocycles. The first-order chi connectivity index (χ1) is 9.85. The quantitative estimate of drug-likeness (QED) is 0.793. The summed E-state index contributed by atoms with van der Waals surface area (Å²) in [5.74, 6) is 0.658. The van der Waals surface area contributed by atoms with Gasteiger partial charge in [0.1, 0.15) is 0 Å². The van der Waals surface area contributed by atoms with E-state index in [0.29, 0.717) is 12.0 Å². The van der Waals surface area contributed by atoms with E-state index in [1.54, 1.807) is 11.3 Å². The number of aromatic nitrogens is 1. The van der Waals surface area contributed by atoms with Crippen molar-refractivity contribution in [1.29, 1.82) is 0 Å². The Hall–Kier alpha value is -1.25. The van der Waals surface area contributed by atoms with E-state index in [1.807, 2.05) is 0 Å². The first kappa shape index (κ1) is 14.7. The van der Waals surface area contributed by atoms with Crippen molar-refractivity contribution in [3.8, 4) is 0 Å². The van der Waals surface area contributed by atoms with Gasteiger partial charge in [-0.05, 0) is 36.9 Å². The molecule has 3 heterocycles. The first-order valence-electron chi connectivity index (χ1n) is 7.89. The standard InChI is InChI=1S/C18H22N2.ClH/c1-3-13-9-12-20-16-8-6-5-7-14(16)15-10-11-19(4-2)17(13)18(15)20;/h5-9,12-13,17H,3-4,10-11H2,1-2H3;1H. The number of hydrogen-bond donors (Lipinski definition) is 0. The molecule has 0 amide bonds. The second-order valence-electron chi connectivity index (χ2n) is 5.99. The van der Waals surface area contributed by atoms with E-state index in [9.17, 15) is 0 Å². The molecule has 3 heteroatoms. The molecule has 2 nitrogen and oxygen atoms in total. The summed E-state index contributed by atoms with van der Waals surface area (Å²) in [6.07, 6.45) is 7.14. The minimum absolute atomic E-state index is 0. The molecule has 0 saturated carbocycles. The van der Waals surface area contributed by atoms with Gasteiger partial charge in [-0.3, -0.25) is 4.90 Å². The van der Waals surface area contributed by atoms with Gasteiger partial charge < -0.3 is 4.57 Å². The summed E-state index contributed by atoms with van der Waals surface area (Å²) >= 11 is 0. The summed E-state index contributed by atoms with van der Waals surface area (Å²) in [5.41, 5.74) is 4.54.